The third-order valence-corrected chi connectivity index (χ3v) is 6.02. The predicted octanol–water partition coefficient (Wildman–Crippen LogP) is 4.27. The summed E-state index contributed by atoms with van der Waals surface area (Å²) in [7, 11) is 0. The molecule has 1 aliphatic heterocycles. The zero-order chi connectivity index (χ0) is 21.5. The average Bonchev–Trinajstić information content (AvgIpc) is 3.30. The highest BCUT2D eigenvalue weighted by Crippen LogP contribution is 2.35. The molecule has 0 spiro atoms. The van der Waals surface area contributed by atoms with E-state index in [2.05, 4.69) is 15.1 Å². The lowest BCUT2D eigenvalue weighted by atomic mass is 10.0. The van der Waals surface area contributed by atoms with Crippen LogP contribution in [-0.2, 0) is 6.61 Å². The SMILES string of the molecule is CC1=Nc2ccccc2C1=Cc1c(N)n2nc(COc3ccccc3C)sc2nc1=O. The van der Waals surface area contributed by atoms with Crippen molar-refractivity contribution in [2.24, 2.45) is 4.99 Å². The molecule has 5 rings (SSSR count). The minimum atomic E-state index is -0.391. The number of ether oxygens (including phenoxy) is 1. The molecule has 0 saturated carbocycles. The van der Waals surface area contributed by atoms with Crippen LogP contribution in [0.2, 0.25) is 0 Å². The summed E-state index contributed by atoms with van der Waals surface area (Å²) in [5.41, 5.74) is 10.8. The van der Waals surface area contributed by atoms with Crippen LogP contribution in [0, 0.1) is 6.92 Å². The molecule has 0 unspecified atom stereocenters. The van der Waals surface area contributed by atoms with Crippen molar-refractivity contribution in [3.05, 3.63) is 80.6 Å². The van der Waals surface area contributed by atoms with Gasteiger partial charge in [0, 0.05) is 16.8 Å². The van der Waals surface area contributed by atoms with E-state index in [1.807, 2.05) is 62.4 Å². The van der Waals surface area contributed by atoms with Crippen LogP contribution in [0.1, 0.15) is 28.6 Å². The number of allylic oxidation sites excluding steroid dienone is 1. The Hall–Kier alpha value is -3.78. The molecule has 7 nitrogen and oxygen atoms in total. The molecule has 154 valence electrons. The number of hydrogen-bond acceptors (Lipinski definition) is 7. The normalized spacial score (nSPS) is 14.1. The highest BCUT2D eigenvalue weighted by Gasteiger charge is 2.20. The molecule has 0 saturated heterocycles. The van der Waals surface area contributed by atoms with Gasteiger partial charge in [-0.3, -0.25) is 9.79 Å². The lowest BCUT2D eigenvalue weighted by molar-refractivity contribution is 0.302. The van der Waals surface area contributed by atoms with Crippen LogP contribution in [0.25, 0.3) is 16.6 Å². The van der Waals surface area contributed by atoms with Crippen molar-refractivity contribution >= 4 is 45.2 Å². The number of rotatable bonds is 4. The van der Waals surface area contributed by atoms with Gasteiger partial charge >= 0.3 is 0 Å². The van der Waals surface area contributed by atoms with E-state index in [4.69, 9.17) is 10.5 Å². The standard InChI is InChI=1S/C23H19N5O2S/c1-13-7-3-6-10-19(13)30-12-20-27-28-21(24)17(22(29)26-23(28)31-20)11-16-14(2)25-18-9-5-4-8-15(16)18/h3-11H,12,24H2,1-2H3. The number of benzene rings is 2. The van der Waals surface area contributed by atoms with Gasteiger partial charge in [0.2, 0.25) is 4.96 Å². The molecule has 0 bridgehead atoms. The molecule has 31 heavy (non-hydrogen) atoms. The third kappa shape index (κ3) is 3.40. The second-order valence-electron chi connectivity index (χ2n) is 7.23. The zero-order valence-electron chi connectivity index (χ0n) is 17.0. The van der Waals surface area contributed by atoms with E-state index in [-0.39, 0.29) is 12.4 Å². The molecule has 2 aromatic carbocycles. The van der Waals surface area contributed by atoms with Crippen LogP contribution >= 0.6 is 11.3 Å². The van der Waals surface area contributed by atoms with Crippen molar-refractivity contribution in [3.63, 3.8) is 0 Å². The average molecular weight is 430 g/mol. The van der Waals surface area contributed by atoms with E-state index >= 15 is 0 Å². The Morgan fingerprint density at radius 1 is 1.13 bits per heavy atom. The fourth-order valence-corrected chi connectivity index (χ4v) is 4.34. The number of nitrogens with zero attached hydrogens (tertiary/aromatic N) is 4. The quantitative estimate of drug-likeness (QED) is 0.523. The number of aliphatic imine (C=N–C) groups is 1. The summed E-state index contributed by atoms with van der Waals surface area (Å²) in [4.78, 5) is 21.9. The van der Waals surface area contributed by atoms with Crippen LogP contribution < -0.4 is 16.0 Å². The van der Waals surface area contributed by atoms with Crippen LogP contribution in [0.3, 0.4) is 0 Å². The Balaban J connectivity index is 1.52. The van der Waals surface area contributed by atoms with E-state index in [9.17, 15) is 4.79 Å². The van der Waals surface area contributed by atoms with Crippen molar-refractivity contribution in [1.29, 1.82) is 0 Å². The Morgan fingerprint density at radius 3 is 2.74 bits per heavy atom. The van der Waals surface area contributed by atoms with E-state index in [0.29, 0.717) is 15.5 Å². The highest BCUT2D eigenvalue weighted by molar-refractivity contribution is 7.16. The summed E-state index contributed by atoms with van der Waals surface area (Å²) in [5, 5.41) is 5.20. The van der Waals surface area contributed by atoms with Gasteiger partial charge in [-0.25, -0.2) is 0 Å². The summed E-state index contributed by atoms with van der Waals surface area (Å²) < 4.78 is 7.38. The third-order valence-electron chi connectivity index (χ3n) is 5.14. The molecule has 1 aliphatic rings. The summed E-state index contributed by atoms with van der Waals surface area (Å²) in [6.45, 7) is 4.16. The zero-order valence-corrected chi connectivity index (χ0v) is 17.8. The van der Waals surface area contributed by atoms with Crippen molar-refractivity contribution < 1.29 is 4.74 Å². The largest absolute Gasteiger partial charge is 0.486 e. The minimum Gasteiger partial charge on any atom is -0.486 e. The number of aromatic nitrogens is 3. The highest BCUT2D eigenvalue weighted by atomic mass is 32.1. The Labute approximate surface area is 182 Å². The first-order valence-corrected chi connectivity index (χ1v) is 10.6. The number of para-hydroxylation sites is 2. The first-order chi connectivity index (χ1) is 15.0. The first-order valence-electron chi connectivity index (χ1n) is 9.74. The van der Waals surface area contributed by atoms with E-state index in [1.54, 1.807) is 6.08 Å². The number of aryl methyl sites for hydroxylation is 1. The second-order valence-corrected chi connectivity index (χ2v) is 8.27. The maximum Gasteiger partial charge on any atom is 0.283 e. The first kappa shape index (κ1) is 19.2. The molecular weight excluding hydrogens is 410 g/mol. The van der Waals surface area contributed by atoms with Gasteiger partial charge in [0.25, 0.3) is 5.56 Å². The number of hydrogen-bond donors (Lipinski definition) is 1. The summed E-state index contributed by atoms with van der Waals surface area (Å²) >= 11 is 1.28. The predicted molar refractivity (Wildman–Crippen MR) is 124 cm³/mol. The van der Waals surface area contributed by atoms with Gasteiger partial charge in [-0.1, -0.05) is 47.7 Å². The number of nitrogens with two attached hydrogens (primary N) is 1. The number of nitrogen functional groups attached to an aromatic ring is 1. The van der Waals surface area contributed by atoms with Gasteiger partial charge in [-0.15, -0.1) is 0 Å². The minimum absolute atomic E-state index is 0.248. The summed E-state index contributed by atoms with van der Waals surface area (Å²) in [6, 6.07) is 15.6. The van der Waals surface area contributed by atoms with E-state index in [0.717, 1.165) is 33.8 Å². The lowest BCUT2D eigenvalue weighted by Gasteiger charge is -2.06. The van der Waals surface area contributed by atoms with E-state index < -0.39 is 5.56 Å². The smallest absolute Gasteiger partial charge is 0.283 e. The molecule has 0 radical (unpaired) electrons. The maximum atomic E-state index is 12.8. The van der Waals surface area contributed by atoms with Crippen LogP contribution in [0.4, 0.5) is 11.5 Å². The summed E-state index contributed by atoms with van der Waals surface area (Å²) in [5.74, 6) is 1.04. The van der Waals surface area contributed by atoms with Crippen LogP contribution in [0.15, 0.2) is 58.3 Å². The second kappa shape index (κ2) is 7.48. The van der Waals surface area contributed by atoms with Crippen molar-refractivity contribution in [1.82, 2.24) is 14.6 Å². The molecule has 0 amide bonds. The van der Waals surface area contributed by atoms with Gasteiger partial charge in [0.15, 0.2) is 5.01 Å². The fourth-order valence-electron chi connectivity index (χ4n) is 3.53. The molecule has 0 aliphatic carbocycles. The van der Waals surface area contributed by atoms with Crippen molar-refractivity contribution in [2.45, 2.75) is 20.5 Å². The Bertz CT molecular complexity index is 1450. The lowest BCUT2D eigenvalue weighted by Crippen LogP contribution is -2.17. The van der Waals surface area contributed by atoms with Crippen molar-refractivity contribution in [2.75, 3.05) is 5.73 Å². The maximum absolute atomic E-state index is 12.8. The number of anilines is 1. The summed E-state index contributed by atoms with van der Waals surface area (Å²) in [6.07, 6.45) is 1.75. The van der Waals surface area contributed by atoms with E-state index in [1.165, 1.54) is 15.9 Å². The van der Waals surface area contributed by atoms with Gasteiger partial charge in [-0.2, -0.15) is 14.6 Å². The molecule has 0 atom stereocenters. The molecule has 2 aromatic heterocycles. The van der Waals surface area contributed by atoms with Gasteiger partial charge < -0.3 is 10.5 Å². The topological polar surface area (TPSA) is 94.9 Å². The molecule has 8 heteroatoms. The molecule has 0 fully saturated rings. The number of fused-ring (bicyclic) bond motifs is 2. The van der Waals surface area contributed by atoms with Crippen molar-refractivity contribution in [3.8, 4) is 5.75 Å². The molecule has 2 N–H and O–H groups in total. The monoisotopic (exact) mass is 429 g/mol. The fraction of sp³-hybridized carbons (Fsp3) is 0.130. The molecule has 3 heterocycles. The molecule has 4 aromatic rings. The Morgan fingerprint density at radius 2 is 1.90 bits per heavy atom. The van der Waals surface area contributed by atoms with Gasteiger partial charge in [0.1, 0.15) is 18.2 Å². The van der Waals surface area contributed by atoms with Gasteiger partial charge in [-0.05, 0) is 37.6 Å². The van der Waals surface area contributed by atoms with Gasteiger partial charge in [0.05, 0.1) is 11.3 Å². The Kier molecular flexibility index (Phi) is 4.63. The van der Waals surface area contributed by atoms with Crippen LogP contribution in [0.5, 0.6) is 5.75 Å². The molecular formula is C23H19N5O2S. The van der Waals surface area contributed by atoms with Crippen LogP contribution in [-0.4, -0.2) is 20.3 Å².